The first kappa shape index (κ1) is 17.2. The topological polar surface area (TPSA) is 78.4 Å². The summed E-state index contributed by atoms with van der Waals surface area (Å²) in [4.78, 5) is 12.7. The van der Waals surface area contributed by atoms with Crippen molar-refractivity contribution >= 4 is 22.5 Å². The summed E-state index contributed by atoms with van der Waals surface area (Å²) < 4.78 is 11.3. The number of carbonyl (C=O) groups excluding carboxylic acids is 1. The summed E-state index contributed by atoms with van der Waals surface area (Å²) in [5, 5.41) is 14.9. The summed E-state index contributed by atoms with van der Waals surface area (Å²) in [7, 11) is -1.04. The van der Waals surface area contributed by atoms with Gasteiger partial charge in [-0.3, -0.25) is 4.21 Å². The Morgan fingerprint density at radius 3 is 2.35 bits per heavy atom. The van der Waals surface area contributed by atoms with Gasteiger partial charge in [-0.1, -0.05) is 30.3 Å². The summed E-state index contributed by atoms with van der Waals surface area (Å²) in [6, 6.07) is 15.7. The standard InChI is InChI=1S/C17H20N2O3S/c1-23(22)16-9-7-14(8-10-16)18-17(21)19-15(12-20)11-13-5-3-2-4-6-13/h2-10,15,20H,11-12H2,1H3,(H2,18,19,21)/t15-,23-/m0/s1. The van der Waals surface area contributed by atoms with Gasteiger partial charge in [-0.05, 0) is 36.2 Å². The van der Waals surface area contributed by atoms with E-state index in [0.29, 0.717) is 17.0 Å². The maximum absolute atomic E-state index is 12.0. The number of aliphatic hydroxyl groups excluding tert-OH is 1. The minimum atomic E-state index is -1.04. The molecule has 2 aromatic carbocycles. The molecule has 0 heterocycles. The van der Waals surface area contributed by atoms with E-state index in [1.807, 2.05) is 30.3 Å². The van der Waals surface area contributed by atoms with Gasteiger partial charge in [-0.25, -0.2) is 4.79 Å². The van der Waals surface area contributed by atoms with Crippen LogP contribution in [0.2, 0.25) is 0 Å². The van der Waals surface area contributed by atoms with Crippen LogP contribution in [0.5, 0.6) is 0 Å². The van der Waals surface area contributed by atoms with Gasteiger partial charge in [0.05, 0.1) is 12.6 Å². The van der Waals surface area contributed by atoms with Crippen LogP contribution in [-0.2, 0) is 17.2 Å². The number of aliphatic hydroxyl groups is 1. The molecule has 2 rings (SSSR count). The third kappa shape index (κ3) is 5.50. The molecule has 0 unspecified atom stereocenters. The second-order valence-corrected chi connectivity index (χ2v) is 6.53. The zero-order chi connectivity index (χ0) is 16.7. The predicted molar refractivity (Wildman–Crippen MR) is 91.9 cm³/mol. The van der Waals surface area contributed by atoms with E-state index in [-0.39, 0.29) is 18.7 Å². The molecule has 2 amide bonds. The van der Waals surface area contributed by atoms with Crippen LogP contribution in [0.1, 0.15) is 5.56 Å². The minimum Gasteiger partial charge on any atom is -0.394 e. The fourth-order valence-electron chi connectivity index (χ4n) is 2.14. The molecular weight excluding hydrogens is 312 g/mol. The fraction of sp³-hybridized carbons (Fsp3) is 0.235. The van der Waals surface area contributed by atoms with Gasteiger partial charge in [-0.15, -0.1) is 0 Å². The van der Waals surface area contributed by atoms with Gasteiger partial charge in [0.25, 0.3) is 0 Å². The van der Waals surface area contributed by atoms with Crippen LogP contribution in [0.3, 0.4) is 0 Å². The molecule has 0 aliphatic heterocycles. The summed E-state index contributed by atoms with van der Waals surface area (Å²) in [5.74, 6) is 0. The van der Waals surface area contributed by atoms with Crippen LogP contribution < -0.4 is 10.6 Å². The summed E-state index contributed by atoms with van der Waals surface area (Å²) in [5.41, 5.74) is 1.65. The number of rotatable bonds is 6. The van der Waals surface area contributed by atoms with Crippen LogP contribution in [0, 0.1) is 0 Å². The molecule has 0 bridgehead atoms. The largest absolute Gasteiger partial charge is 0.394 e. The normalized spacial score (nSPS) is 13.1. The predicted octanol–water partition coefficient (Wildman–Crippen LogP) is 2.15. The van der Waals surface area contributed by atoms with E-state index >= 15 is 0 Å². The zero-order valence-electron chi connectivity index (χ0n) is 12.9. The molecule has 5 nitrogen and oxygen atoms in total. The zero-order valence-corrected chi connectivity index (χ0v) is 13.7. The van der Waals surface area contributed by atoms with Crippen molar-refractivity contribution in [3.63, 3.8) is 0 Å². The van der Waals surface area contributed by atoms with E-state index in [2.05, 4.69) is 10.6 Å². The monoisotopic (exact) mass is 332 g/mol. The van der Waals surface area contributed by atoms with Crippen LogP contribution in [-0.4, -0.2) is 34.3 Å². The highest BCUT2D eigenvalue weighted by Crippen LogP contribution is 2.12. The lowest BCUT2D eigenvalue weighted by atomic mass is 10.1. The SMILES string of the molecule is C[S@](=O)c1ccc(NC(=O)N[C@H](CO)Cc2ccccc2)cc1. The van der Waals surface area contributed by atoms with Crippen molar-refractivity contribution in [2.75, 3.05) is 18.2 Å². The molecule has 6 heteroatoms. The van der Waals surface area contributed by atoms with Gasteiger partial charge in [0, 0.05) is 27.6 Å². The Morgan fingerprint density at radius 2 is 1.78 bits per heavy atom. The first-order valence-corrected chi connectivity index (χ1v) is 8.80. The van der Waals surface area contributed by atoms with E-state index in [9.17, 15) is 14.1 Å². The molecule has 0 spiro atoms. The summed E-state index contributed by atoms with van der Waals surface area (Å²) >= 11 is 0. The number of hydrogen-bond donors (Lipinski definition) is 3. The molecule has 0 aromatic heterocycles. The van der Waals surface area contributed by atoms with Crippen molar-refractivity contribution in [1.82, 2.24) is 5.32 Å². The Hall–Kier alpha value is -2.18. The van der Waals surface area contributed by atoms with Gasteiger partial charge in [0.2, 0.25) is 0 Å². The Morgan fingerprint density at radius 1 is 1.13 bits per heavy atom. The molecule has 0 aliphatic carbocycles. The van der Waals surface area contributed by atoms with Crippen molar-refractivity contribution in [2.24, 2.45) is 0 Å². The van der Waals surface area contributed by atoms with E-state index in [1.54, 1.807) is 30.5 Å². The van der Waals surface area contributed by atoms with Crippen LogP contribution >= 0.6 is 0 Å². The highest BCUT2D eigenvalue weighted by Gasteiger charge is 2.12. The maximum Gasteiger partial charge on any atom is 0.319 e. The first-order chi connectivity index (χ1) is 11.1. The van der Waals surface area contributed by atoms with Crippen LogP contribution in [0.25, 0.3) is 0 Å². The number of hydrogen-bond acceptors (Lipinski definition) is 3. The molecule has 0 radical (unpaired) electrons. The van der Waals surface area contributed by atoms with Gasteiger partial charge in [0.1, 0.15) is 0 Å². The third-order valence-electron chi connectivity index (χ3n) is 3.32. The van der Waals surface area contributed by atoms with Crippen molar-refractivity contribution < 1.29 is 14.1 Å². The minimum absolute atomic E-state index is 0.143. The number of carbonyl (C=O) groups is 1. The lowest BCUT2D eigenvalue weighted by molar-refractivity contribution is 0.224. The fourth-order valence-corrected chi connectivity index (χ4v) is 2.66. The van der Waals surface area contributed by atoms with Crippen molar-refractivity contribution in [3.05, 3.63) is 60.2 Å². The highest BCUT2D eigenvalue weighted by molar-refractivity contribution is 7.84. The smallest absolute Gasteiger partial charge is 0.319 e. The second kappa shape index (κ2) is 8.45. The Labute approximate surface area is 138 Å². The molecule has 0 fully saturated rings. The molecule has 0 aliphatic rings. The molecule has 0 saturated carbocycles. The molecule has 0 saturated heterocycles. The van der Waals surface area contributed by atoms with Crippen molar-refractivity contribution in [1.29, 1.82) is 0 Å². The highest BCUT2D eigenvalue weighted by atomic mass is 32.2. The maximum atomic E-state index is 12.0. The van der Waals surface area contributed by atoms with Crippen LogP contribution in [0.15, 0.2) is 59.5 Å². The average Bonchev–Trinajstić information content (AvgIpc) is 2.55. The summed E-state index contributed by atoms with van der Waals surface area (Å²) in [6.07, 6.45) is 2.16. The molecular formula is C17H20N2O3S. The molecule has 23 heavy (non-hydrogen) atoms. The van der Waals surface area contributed by atoms with E-state index in [4.69, 9.17) is 0 Å². The Kier molecular flexibility index (Phi) is 6.31. The lowest BCUT2D eigenvalue weighted by Gasteiger charge is -2.17. The van der Waals surface area contributed by atoms with Crippen molar-refractivity contribution in [3.8, 4) is 0 Å². The van der Waals surface area contributed by atoms with Gasteiger partial charge in [0.15, 0.2) is 0 Å². The summed E-state index contributed by atoms with van der Waals surface area (Å²) in [6.45, 7) is -0.143. The Bertz CT molecular complexity index is 659. The van der Waals surface area contributed by atoms with Gasteiger partial charge in [-0.2, -0.15) is 0 Å². The van der Waals surface area contributed by atoms with Gasteiger partial charge >= 0.3 is 6.03 Å². The third-order valence-corrected chi connectivity index (χ3v) is 4.26. The second-order valence-electron chi connectivity index (χ2n) is 5.15. The first-order valence-electron chi connectivity index (χ1n) is 7.24. The molecule has 3 N–H and O–H groups in total. The molecule has 2 aromatic rings. The quantitative estimate of drug-likeness (QED) is 0.758. The number of nitrogens with one attached hydrogen (secondary N) is 2. The lowest BCUT2D eigenvalue weighted by Crippen LogP contribution is -2.41. The number of anilines is 1. The van der Waals surface area contributed by atoms with E-state index in [0.717, 1.165) is 5.56 Å². The van der Waals surface area contributed by atoms with E-state index in [1.165, 1.54) is 0 Å². The Balaban J connectivity index is 1.90. The number of amides is 2. The van der Waals surface area contributed by atoms with Crippen LogP contribution in [0.4, 0.5) is 10.5 Å². The number of urea groups is 1. The van der Waals surface area contributed by atoms with Crippen molar-refractivity contribution in [2.45, 2.75) is 17.4 Å². The molecule has 2 atom stereocenters. The number of benzene rings is 2. The average molecular weight is 332 g/mol. The van der Waals surface area contributed by atoms with E-state index < -0.39 is 10.8 Å². The molecule has 122 valence electrons. The van der Waals surface area contributed by atoms with Gasteiger partial charge < -0.3 is 15.7 Å².